The fourth-order valence-electron chi connectivity index (χ4n) is 3.20. The van der Waals surface area contributed by atoms with Crippen molar-refractivity contribution in [3.8, 4) is 0 Å². The molecule has 1 N–H and O–H groups in total. The van der Waals surface area contributed by atoms with E-state index in [-0.39, 0.29) is 0 Å². The SMILES string of the molecule is CN(C)c1cc(NC2CCN(c3nccn4nccc34)CC2)ncn1. The summed E-state index contributed by atoms with van der Waals surface area (Å²) in [5.41, 5.74) is 1.06. The van der Waals surface area contributed by atoms with Crippen LogP contribution in [0.5, 0.6) is 0 Å². The van der Waals surface area contributed by atoms with Crippen molar-refractivity contribution in [1.29, 1.82) is 0 Å². The minimum Gasteiger partial charge on any atom is -0.367 e. The van der Waals surface area contributed by atoms with Crippen LogP contribution in [0.2, 0.25) is 0 Å². The largest absolute Gasteiger partial charge is 0.367 e. The van der Waals surface area contributed by atoms with Crippen LogP contribution in [0.3, 0.4) is 0 Å². The Morgan fingerprint density at radius 3 is 2.76 bits per heavy atom. The third-order valence-electron chi connectivity index (χ3n) is 4.56. The van der Waals surface area contributed by atoms with Gasteiger partial charge in [0.1, 0.15) is 23.5 Å². The van der Waals surface area contributed by atoms with Crippen LogP contribution < -0.4 is 15.1 Å². The highest BCUT2D eigenvalue weighted by Gasteiger charge is 2.22. The Morgan fingerprint density at radius 1 is 1.12 bits per heavy atom. The summed E-state index contributed by atoms with van der Waals surface area (Å²) in [7, 11) is 3.96. The first-order chi connectivity index (χ1) is 12.2. The Morgan fingerprint density at radius 2 is 1.96 bits per heavy atom. The van der Waals surface area contributed by atoms with Gasteiger partial charge >= 0.3 is 0 Å². The predicted octanol–water partition coefficient (Wildman–Crippen LogP) is 1.67. The molecule has 130 valence electrons. The van der Waals surface area contributed by atoms with Gasteiger partial charge in [-0.25, -0.2) is 19.5 Å². The van der Waals surface area contributed by atoms with Crippen LogP contribution in [0.4, 0.5) is 17.5 Å². The zero-order chi connectivity index (χ0) is 17.2. The predicted molar refractivity (Wildman–Crippen MR) is 98.2 cm³/mol. The zero-order valence-electron chi connectivity index (χ0n) is 14.5. The zero-order valence-corrected chi connectivity index (χ0v) is 14.5. The van der Waals surface area contributed by atoms with E-state index in [9.17, 15) is 0 Å². The second-order valence-electron chi connectivity index (χ2n) is 6.47. The van der Waals surface area contributed by atoms with E-state index in [2.05, 4.69) is 30.3 Å². The molecule has 0 atom stereocenters. The summed E-state index contributed by atoms with van der Waals surface area (Å²) in [5.74, 6) is 2.80. The summed E-state index contributed by atoms with van der Waals surface area (Å²) in [6, 6.07) is 4.41. The molecule has 3 aromatic rings. The third kappa shape index (κ3) is 3.19. The number of hydrogen-bond acceptors (Lipinski definition) is 7. The number of anilines is 3. The van der Waals surface area contributed by atoms with Crippen molar-refractivity contribution in [2.24, 2.45) is 0 Å². The number of nitrogens with zero attached hydrogens (tertiary/aromatic N) is 7. The Bertz CT molecular complexity index is 850. The molecule has 0 bridgehead atoms. The Balaban J connectivity index is 1.42. The highest BCUT2D eigenvalue weighted by Crippen LogP contribution is 2.24. The summed E-state index contributed by atoms with van der Waals surface area (Å²) in [6.45, 7) is 1.92. The molecule has 0 unspecified atom stereocenters. The van der Waals surface area contributed by atoms with Crippen molar-refractivity contribution < 1.29 is 0 Å². The van der Waals surface area contributed by atoms with E-state index in [1.807, 2.05) is 54.2 Å². The van der Waals surface area contributed by atoms with Gasteiger partial charge in [0.2, 0.25) is 0 Å². The minimum atomic E-state index is 0.408. The molecule has 1 fully saturated rings. The standard InChI is InChI=1S/C17H22N8/c1-23(2)16-11-15(19-12-20-16)22-13-4-8-24(9-5-13)17-14-3-6-21-25(14)10-7-18-17/h3,6-7,10-13H,4-5,8-9H2,1-2H3,(H,19,20,22). The molecule has 0 saturated carbocycles. The minimum absolute atomic E-state index is 0.408. The highest BCUT2D eigenvalue weighted by molar-refractivity contribution is 5.68. The van der Waals surface area contributed by atoms with E-state index >= 15 is 0 Å². The van der Waals surface area contributed by atoms with Gasteiger partial charge in [0.25, 0.3) is 0 Å². The maximum Gasteiger partial charge on any atom is 0.154 e. The fraction of sp³-hybridized carbons (Fsp3) is 0.412. The molecule has 1 aliphatic heterocycles. The second-order valence-corrected chi connectivity index (χ2v) is 6.47. The number of nitrogens with one attached hydrogen (secondary N) is 1. The Kier molecular flexibility index (Phi) is 4.09. The van der Waals surface area contributed by atoms with Crippen LogP contribution in [-0.2, 0) is 0 Å². The van der Waals surface area contributed by atoms with Gasteiger partial charge in [0.05, 0.1) is 6.20 Å². The van der Waals surface area contributed by atoms with Crippen molar-refractivity contribution >= 4 is 23.0 Å². The molecule has 1 saturated heterocycles. The van der Waals surface area contributed by atoms with Crippen LogP contribution in [-0.4, -0.2) is 57.8 Å². The van der Waals surface area contributed by atoms with Gasteiger partial charge in [-0.05, 0) is 18.9 Å². The summed E-state index contributed by atoms with van der Waals surface area (Å²) >= 11 is 0. The van der Waals surface area contributed by atoms with Crippen molar-refractivity contribution in [2.45, 2.75) is 18.9 Å². The van der Waals surface area contributed by atoms with Crippen molar-refractivity contribution in [3.63, 3.8) is 0 Å². The smallest absolute Gasteiger partial charge is 0.154 e. The van der Waals surface area contributed by atoms with Gasteiger partial charge < -0.3 is 15.1 Å². The van der Waals surface area contributed by atoms with Crippen LogP contribution in [0.25, 0.3) is 5.52 Å². The molecule has 8 nitrogen and oxygen atoms in total. The first-order valence-corrected chi connectivity index (χ1v) is 8.50. The van der Waals surface area contributed by atoms with E-state index in [1.54, 1.807) is 6.33 Å². The second kappa shape index (κ2) is 6.54. The van der Waals surface area contributed by atoms with E-state index < -0.39 is 0 Å². The van der Waals surface area contributed by atoms with E-state index in [1.165, 1.54) is 0 Å². The molecule has 0 radical (unpaired) electrons. The molecule has 8 heteroatoms. The summed E-state index contributed by atoms with van der Waals surface area (Å²) < 4.78 is 1.87. The quantitative estimate of drug-likeness (QED) is 0.775. The number of piperidine rings is 1. The van der Waals surface area contributed by atoms with Crippen molar-refractivity contribution in [3.05, 3.63) is 37.1 Å². The number of hydrogen-bond donors (Lipinski definition) is 1. The number of rotatable bonds is 4. The van der Waals surface area contributed by atoms with Gasteiger partial charge in [0, 0.05) is 51.7 Å². The summed E-state index contributed by atoms with van der Waals surface area (Å²) in [5, 5.41) is 7.82. The Labute approximate surface area is 146 Å². The average molecular weight is 338 g/mol. The molecule has 4 rings (SSSR count). The molecule has 0 amide bonds. The lowest BCUT2D eigenvalue weighted by Gasteiger charge is -2.33. The molecular formula is C17H22N8. The molecule has 0 spiro atoms. The van der Waals surface area contributed by atoms with Crippen molar-refractivity contribution in [2.75, 3.05) is 42.3 Å². The molecule has 4 heterocycles. The van der Waals surface area contributed by atoms with Gasteiger partial charge in [-0.1, -0.05) is 0 Å². The molecule has 3 aromatic heterocycles. The van der Waals surface area contributed by atoms with E-state index in [0.717, 1.165) is 48.9 Å². The Hall–Kier alpha value is -2.90. The lowest BCUT2D eigenvalue weighted by Crippen LogP contribution is -2.39. The third-order valence-corrected chi connectivity index (χ3v) is 4.56. The van der Waals surface area contributed by atoms with E-state index in [4.69, 9.17) is 0 Å². The number of fused-ring (bicyclic) bond motifs is 1. The van der Waals surface area contributed by atoms with Crippen LogP contribution >= 0.6 is 0 Å². The average Bonchev–Trinajstić information content (AvgIpc) is 3.11. The monoisotopic (exact) mass is 338 g/mol. The summed E-state index contributed by atoms with van der Waals surface area (Å²) in [6.07, 6.45) is 9.19. The van der Waals surface area contributed by atoms with Crippen LogP contribution in [0.1, 0.15) is 12.8 Å². The molecular weight excluding hydrogens is 316 g/mol. The fourth-order valence-corrected chi connectivity index (χ4v) is 3.20. The van der Waals surface area contributed by atoms with Gasteiger partial charge in [-0.2, -0.15) is 5.10 Å². The van der Waals surface area contributed by atoms with Crippen LogP contribution in [0, 0.1) is 0 Å². The normalized spacial score (nSPS) is 15.5. The van der Waals surface area contributed by atoms with E-state index in [0.29, 0.717) is 6.04 Å². The van der Waals surface area contributed by atoms with Gasteiger partial charge in [-0.15, -0.1) is 0 Å². The molecule has 1 aliphatic rings. The van der Waals surface area contributed by atoms with Crippen molar-refractivity contribution in [1.82, 2.24) is 24.6 Å². The number of aromatic nitrogens is 5. The topological polar surface area (TPSA) is 74.5 Å². The molecule has 0 aromatic carbocycles. The first kappa shape index (κ1) is 15.6. The highest BCUT2D eigenvalue weighted by atomic mass is 15.3. The summed E-state index contributed by atoms with van der Waals surface area (Å²) in [4.78, 5) is 17.5. The maximum absolute atomic E-state index is 4.56. The first-order valence-electron chi connectivity index (χ1n) is 8.50. The lowest BCUT2D eigenvalue weighted by molar-refractivity contribution is 0.522. The molecule has 25 heavy (non-hydrogen) atoms. The maximum atomic E-state index is 4.56. The van der Waals surface area contributed by atoms with Gasteiger partial charge in [0.15, 0.2) is 5.82 Å². The van der Waals surface area contributed by atoms with Gasteiger partial charge in [-0.3, -0.25) is 0 Å². The van der Waals surface area contributed by atoms with Crippen LogP contribution in [0.15, 0.2) is 37.1 Å². The lowest BCUT2D eigenvalue weighted by atomic mass is 10.0. The molecule has 0 aliphatic carbocycles.